The number of aromatic nitrogens is 4. The molecule has 6 heterocycles. The summed E-state index contributed by atoms with van der Waals surface area (Å²) in [6.45, 7) is 0.897. The summed E-state index contributed by atoms with van der Waals surface area (Å²) < 4.78 is 2.26. The fourth-order valence-electron chi connectivity index (χ4n) is 6.07. The molecular formula is C32H24N6. The Kier molecular flexibility index (Phi) is 4.69. The van der Waals surface area contributed by atoms with E-state index in [9.17, 15) is 0 Å². The fraction of sp³-hybridized carbons (Fsp3) is 0.0938. The zero-order chi connectivity index (χ0) is 25.1. The number of fused-ring (bicyclic) bond motifs is 6. The van der Waals surface area contributed by atoms with Gasteiger partial charge >= 0.3 is 0 Å². The molecule has 2 aliphatic heterocycles. The normalized spacial score (nSPS) is 18.2. The third-order valence-corrected chi connectivity index (χ3v) is 7.78. The second-order valence-electron chi connectivity index (χ2n) is 9.80. The molecule has 0 fully saturated rings. The molecule has 2 atom stereocenters. The van der Waals surface area contributed by atoms with E-state index < -0.39 is 0 Å². The van der Waals surface area contributed by atoms with E-state index in [-0.39, 0.29) is 12.1 Å². The zero-order valence-corrected chi connectivity index (χ0v) is 20.6. The van der Waals surface area contributed by atoms with Crippen LogP contribution in [0.4, 0.5) is 11.4 Å². The van der Waals surface area contributed by atoms with Crippen LogP contribution in [0.2, 0.25) is 0 Å². The van der Waals surface area contributed by atoms with Crippen molar-refractivity contribution in [1.82, 2.24) is 24.8 Å². The van der Waals surface area contributed by atoms with Gasteiger partial charge in [-0.05, 0) is 65.2 Å². The van der Waals surface area contributed by atoms with E-state index in [4.69, 9.17) is 0 Å². The van der Waals surface area contributed by atoms with Crippen molar-refractivity contribution >= 4 is 33.3 Å². The first-order valence-corrected chi connectivity index (χ1v) is 12.9. The van der Waals surface area contributed by atoms with Gasteiger partial charge in [-0.25, -0.2) is 0 Å². The van der Waals surface area contributed by atoms with E-state index >= 15 is 0 Å². The molecule has 0 aliphatic carbocycles. The van der Waals surface area contributed by atoms with Gasteiger partial charge in [-0.3, -0.25) is 15.0 Å². The van der Waals surface area contributed by atoms with Crippen molar-refractivity contribution in [2.24, 2.45) is 0 Å². The van der Waals surface area contributed by atoms with Crippen LogP contribution in [-0.4, -0.2) is 32.1 Å². The van der Waals surface area contributed by atoms with Crippen LogP contribution in [0.15, 0.2) is 116 Å². The molecule has 182 valence electrons. The molecule has 1 N–H and O–H groups in total. The lowest BCUT2D eigenvalue weighted by atomic mass is 10.0. The maximum absolute atomic E-state index is 4.62. The molecule has 2 aromatic carbocycles. The molecule has 8 rings (SSSR count). The van der Waals surface area contributed by atoms with Gasteiger partial charge in [0.2, 0.25) is 0 Å². The average molecular weight is 493 g/mol. The largest absolute Gasteiger partial charge is 0.331 e. The monoisotopic (exact) mass is 492 g/mol. The molecule has 6 heteroatoms. The number of benzene rings is 2. The number of anilines is 2. The summed E-state index contributed by atoms with van der Waals surface area (Å²) in [5.74, 6) is 0. The van der Waals surface area contributed by atoms with E-state index in [1.165, 1.54) is 28.1 Å². The number of hydrogen-bond donors (Lipinski definition) is 1. The Bertz CT molecular complexity index is 1780. The van der Waals surface area contributed by atoms with Gasteiger partial charge in [0, 0.05) is 48.1 Å². The van der Waals surface area contributed by atoms with E-state index in [0.717, 1.165) is 34.2 Å². The summed E-state index contributed by atoms with van der Waals surface area (Å²) >= 11 is 0. The molecule has 0 radical (unpaired) electrons. The highest BCUT2D eigenvalue weighted by atomic mass is 15.2. The van der Waals surface area contributed by atoms with Crippen molar-refractivity contribution in [2.45, 2.75) is 12.1 Å². The van der Waals surface area contributed by atoms with Crippen LogP contribution in [-0.2, 0) is 0 Å². The van der Waals surface area contributed by atoms with Crippen LogP contribution in [0.25, 0.3) is 38.8 Å². The first-order valence-electron chi connectivity index (χ1n) is 12.9. The maximum Gasteiger partial charge on any atom is 0.0978 e. The van der Waals surface area contributed by atoms with Crippen molar-refractivity contribution in [2.75, 3.05) is 11.4 Å². The smallest absolute Gasteiger partial charge is 0.0978 e. The van der Waals surface area contributed by atoms with Gasteiger partial charge < -0.3 is 14.8 Å². The van der Waals surface area contributed by atoms with Gasteiger partial charge in [0.25, 0.3) is 0 Å². The van der Waals surface area contributed by atoms with Crippen molar-refractivity contribution in [3.8, 4) is 16.8 Å². The molecule has 6 aromatic rings. The minimum atomic E-state index is 0.254. The van der Waals surface area contributed by atoms with Crippen LogP contribution < -0.4 is 10.2 Å². The zero-order valence-electron chi connectivity index (χ0n) is 20.6. The van der Waals surface area contributed by atoms with Gasteiger partial charge in [-0.1, -0.05) is 36.4 Å². The molecule has 0 amide bonds. The number of nitrogens with zero attached hydrogens (tertiary/aromatic N) is 5. The van der Waals surface area contributed by atoms with Gasteiger partial charge in [0.15, 0.2) is 0 Å². The third-order valence-electron chi connectivity index (χ3n) is 7.78. The highest BCUT2D eigenvalue weighted by molar-refractivity contribution is 6.06. The van der Waals surface area contributed by atoms with E-state index in [1.807, 2.05) is 37.1 Å². The molecule has 0 saturated heterocycles. The Hall–Kier alpha value is -4.81. The number of nitrogens with one attached hydrogen (secondary N) is 1. The highest BCUT2D eigenvalue weighted by Crippen LogP contribution is 2.45. The molecule has 4 aromatic heterocycles. The first kappa shape index (κ1) is 21.3. The quantitative estimate of drug-likeness (QED) is 0.292. The minimum Gasteiger partial charge on any atom is -0.331 e. The Morgan fingerprint density at radius 3 is 2.34 bits per heavy atom. The standard InChI is InChI=1S/C32H24N6/c1-3-28-31(35-15-1)25-13-17-34-20-30(25)38(28)24-11-7-22(8-12-24)21-5-9-23(10-6-21)37-27-14-18-33-19-26(27)32-29(37)4-2-16-36-32/h1-14,16-20,28,31,35H,15H2. The molecule has 0 spiro atoms. The molecule has 38 heavy (non-hydrogen) atoms. The van der Waals surface area contributed by atoms with Gasteiger partial charge in [-0.2, -0.15) is 0 Å². The Balaban J connectivity index is 1.14. The van der Waals surface area contributed by atoms with E-state index in [0.29, 0.717) is 0 Å². The van der Waals surface area contributed by atoms with Gasteiger partial charge in [-0.15, -0.1) is 0 Å². The van der Waals surface area contributed by atoms with E-state index in [2.05, 4.69) is 109 Å². The summed E-state index contributed by atoms with van der Waals surface area (Å²) in [7, 11) is 0. The van der Waals surface area contributed by atoms with Crippen molar-refractivity contribution in [1.29, 1.82) is 0 Å². The summed E-state index contributed by atoms with van der Waals surface area (Å²) in [6, 6.07) is 26.4. The highest BCUT2D eigenvalue weighted by Gasteiger charge is 2.38. The van der Waals surface area contributed by atoms with Crippen LogP contribution in [0.5, 0.6) is 0 Å². The fourth-order valence-corrected chi connectivity index (χ4v) is 6.07. The third kappa shape index (κ3) is 3.14. The topological polar surface area (TPSA) is 58.9 Å². The summed E-state index contributed by atoms with van der Waals surface area (Å²) in [5, 5.41) is 4.71. The molecule has 2 aliphatic rings. The second kappa shape index (κ2) is 8.36. The van der Waals surface area contributed by atoms with Crippen LogP contribution in [0.1, 0.15) is 11.6 Å². The number of pyridine rings is 3. The SMILES string of the molecule is C1=CC2C(NC1)c1ccncc1N2c1ccc(-c2ccc(-n3c4ccncc4c4ncccc43)cc2)cc1. The first-order chi connectivity index (χ1) is 18.9. The van der Waals surface area contributed by atoms with Crippen LogP contribution in [0.3, 0.4) is 0 Å². The van der Waals surface area contributed by atoms with Crippen molar-refractivity contribution < 1.29 is 0 Å². The Labute approximate surface area is 219 Å². The van der Waals surface area contributed by atoms with E-state index in [1.54, 1.807) is 0 Å². The number of hydrogen-bond acceptors (Lipinski definition) is 5. The average Bonchev–Trinajstić information content (AvgIpc) is 3.51. The molecule has 6 nitrogen and oxygen atoms in total. The lowest BCUT2D eigenvalue weighted by molar-refractivity contribution is 0.520. The van der Waals surface area contributed by atoms with Crippen molar-refractivity contribution in [3.63, 3.8) is 0 Å². The lowest BCUT2D eigenvalue weighted by Crippen LogP contribution is -2.38. The van der Waals surface area contributed by atoms with Crippen LogP contribution >= 0.6 is 0 Å². The predicted molar refractivity (Wildman–Crippen MR) is 152 cm³/mol. The van der Waals surface area contributed by atoms with Crippen LogP contribution in [0, 0.1) is 0 Å². The molecule has 2 unspecified atom stereocenters. The lowest BCUT2D eigenvalue weighted by Gasteiger charge is -2.30. The summed E-state index contributed by atoms with van der Waals surface area (Å²) in [6.07, 6.45) is 14.0. The van der Waals surface area contributed by atoms with Gasteiger partial charge in [0.1, 0.15) is 0 Å². The summed E-state index contributed by atoms with van der Waals surface area (Å²) in [5.41, 5.74) is 10.3. The minimum absolute atomic E-state index is 0.254. The molecule has 0 bridgehead atoms. The Morgan fingerprint density at radius 1 is 0.737 bits per heavy atom. The van der Waals surface area contributed by atoms with Gasteiger partial charge in [0.05, 0.1) is 40.5 Å². The number of rotatable bonds is 3. The predicted octanol–water partition coefficient (Wildman–Crippen LogP) is 6.36. The maximum atomic E-state index is 4.62. The molecular weight excluding hydrogens is 468 g/mol. The Morgan fingerprint density at radius 2 is 1.50 bits per heavy atom. The second-order valence-corrected chi connectivity index (χ2v) is 9.80. The molecule has 0 saturated carbocycles. The van der Waals surface area contributed by atoms with Crippen molar-refractivity contribution in [3.05, 3.63) is 121 Å². The summed E-state index contributed by atoms with van der Waals surface area (Å²) in [4.78, 5) is 15.8.